The number of hydrogen-bond acceptors (Lipinski definition) is 4. The van der Waals surface area contributed by atoms with Crippen molar-refractivity contribution >= 4 is 38.9 Å². The number of benzene rings is 3. The molecule has 0 atom stereocenters. The Bertz CT molecular complexity index is 1280. The fourth-order valence-corrected chi connectivity index (χ4v) is 4.58. The van der Waals surface area contributed by atoms with Crippen molar-refractivity contribution in [3.8, 4) is 0 Å². The predicted octanol–water partition coefficient (Wildman–Crippen LogP) is 3.70. The first-order valence-corrected chi connectivity index (χ1v) is 11.1. The van der Waals surface area contributed by atoms with E-state index in [2.05, 4.69) is 10.0 Å². The highest BCUT2D eigenvalue weighted by molar-refractivity contribution is 7.92. The van der Waals surface area contributed by atoms with Crippen LogP contribution in [0.3, 0.4) is 0 Å². The van der Waals surface area contributed by atoms with Gasteiger partial charge in [0.05, 0.1) is 22.0 Å². The van der Waals surface area contributed by atoms with Gasteiger partial charge in [0.2, 0.25) is 5.91 Å². The molecule has 158 valence electrons. The van der Waals surface area contributed by atoms with Crippen LogP contribution in [-0.2, 0) is 14.8 Å². The van der Waals surface area contributed by atoms with Crippen LogP contribution in [0, 0.1) is 13.8 Å². The van der Waals surface area contributed by atoms with Crippen LogP contribution in [0.15, 0.2) is 71.6 Å². The zero-order chi connectivity index (χ0) is 22.2. The minimum Gasteiger partial charge on any atom is -0.323 e. The van der Waals surface area contributed by atoms with Crippen LogP contribution in [-0.4, -0.2) is 26.8 Å². The number of amides is 2. The Morgan fingerprint density at radius 3 is 2.42 bits per heavy atom. The summed E-state index contributed by atoms with van der Waals surface area (Å²) >= 11 is 0. The fourth-order valence-electron chi connectivity index (χ4n) is 3.46. The molecule has 0 radical (unpaired) electrons. The van der Waals surface area contributed by atoms with Gasteiger partial charge in [0.25, 0.3) is 15.9 Å². The summed E-state index contributed by atoms with van der Waals surface area (Å²) in [5.41, 5.74) is 3.20. The first kappa shape index (κ1) is 20.6. The average molecular weight is 436 g/mol. The van der Waals surface area contributed by atoms with Gasteiger partial charge in [-0.2, -0.15) is 0 Å². The van der Waals surface area contributed by atoms with Gasteiger partial charge in [-0.1, -0.05) is 35.9 Å². The van der Waals surface area contributed by atoms with Crippen molar-refractivity contribution in [2.75, 3.05) is 21.5 Å². The number of fused-ring (bicyclic) bond motifs is 1. The van der Waals surface area contributed by atoms with Gasteiger partial charge in [0.1, 0.15) is 6.54 Å². The Morgan fingerprint density at radius 2 is 1.68 bits per heavy atom. The molecule has 0 bridgehead atoms. The zero-order valence-corrected chi connectivity index (χ0v) is 17.9. The molecule has 4 rings (SSSR count). The maximum Gasteiger partial charge on any atom is 0.261 e. The molecule has 0 unspecified atom stereocenters. The molecule has 2 N–H and O–H groups in total. The maximum atomic E-state index is 13.3. The van der Waals surface area contributed by atoms with E-state index in [4.69, 9.17) is 0 Å². The average Bonchev–Trinajstić information content (AvgIpc) is 2.74. The second-order valence-electron chi connectivity index (χ2n) is 7.35. The molecule has 0 spiro atoms. The van der Waals surface area contributed by atoms with Gasteiger partial charge in [0, 0.05) is 5.56 Å². The number of rotatable bonds is 4. The van der Waals surface area contributed by atoms with Crippen molar-refractivity contribution in [3.05, 3.63) is 83.4 Å². The van der Waals surface area contributed by atoms with Gasteiger partial charge in [-0.3, -0.25) is 19.2 Å². The number of para-hydroxylation sites is 2. The summed E-state index contributed by atoms with van der Waals surface area (Å²) in [6.07, 6.45) is 0. The lowest BCUT2D eigenvalue weighted by molar-refractivity contribution is -0.115. The molecule has 8 heteroatoms. The summed E-state index contributed by atoms with van der Waals surface area (Å²) in [4.78, 5) is 27.0. The van der Waals surface area contributed by atoms with E-state index in [0.717, 1.165) is 5.56 Å². The SMILES string of the molecule is Cc1ccc(S(=O)(=O)Nc2cccc(C(=O)N3CC(=O)Nc4ccccc43)c2C)cc1. The van der Waals surface area contributed by atoms with E-state index in [9.17, 15) is 18.0 Å². The quantitative estimate of drug-likeness (QED) is 0.653. The first-order chi connectivity index (χ1) is 14.8. The number of nitrogens with one attached hydrogen (secondary N) is 2. The van der Waals surface area contributed by atoms with E-state index in [1.807, 2.05) is 6.92 Å². The summed E-state index contributed by atoms with van der Waals surface area (Å²) in [5.74, 6) is -0.669. The topological polar surface area (TPSA) is 95.6 Å². The Kier molecular flexibility index (Phi) is 5.24. The van der Waals surface area contributed by atoms with Gasteiger partial charge in [-0.05, 0) is 55.8 Å². The second kappa shape index (κ2) is 7.88. The molecule has 3 aromatic rings. The largest absolute Gasteiger partial charge is 0.323 e. The lowest BCUT2D eigenvalue weighted by atomic mass is 10.0. The number of carbonyl (C=O) groups excluding carboxylic acids is 2. The van der Waals surface area contributed by atoms with Crippen molar-refractivity contribution in [1.82, 2.24) is 0 Å². The number of hydrogen-bond donors (Lipinski definition) is 2. The summed E-state index contributed by atoms with van der Waals surface area (Å²) in [7, 11) is -3.82. The minimum absolute atomic E-state index is 0.116. The third-order valence-electron chi connectivity index (χ3n) is 5.16. The maximum absolute atomic E-state index is 13.3. The molecular weight excluding hydrogens is 414 g/mol. The Hall–Kier alpha value is -3.65. The van der Waals surface area contributed by atoms with Gasteiger partial charge < -0.3 is 5.32 Å². The van der Waals surface area contributed by atoms with Crippen LogP contribution in [0.25, 0.3) is 0 Å². The standard InChI is InChI=1S/C23H21N3O4S/c1-15-10-12-17(13-11-15)31(29,30)25-19-8-5-6-18(16(19)2)23(28)26-14-22(27)24-20-7-3-4-9-21(20)26/h3-13,25H,14H2,1-2H3,(H,24,27). The van der Waals surface area contributed by atoms with Crippen LogP contribution < -0.4 is 14.9 Å². The second-order valence-corrected chi connectivity index (χ2v) is 9.04. The van der Waals surface area contributed by atoms with Crippen LogP contribution in [0.4, 0.5) is 17.1 Å². The monoisotopic (exact) mass is 435 g/mol. The molecule has 0 aromatic heterocycles. The van der Waals surface area contributed by atoms with Crippen LogP contribution in [0.1, 0.15) is 21.5 Å². The number of sulfonamides is 1. The normalized spacial score (nSPS) is 13.4. The predicted molar refractivity (Wildman–Crippen MR) is 120 cm³/mol. The minimum atomic E-state index is -3.82. The molecule has 1 aliphatic rings. The highest BCUT2D eigenvalue weighted by Crippen LogP contribution is 2.31. The molecule has 0 saturated carbocycles. The van der Waals surface area contributed by atoms with Gasteiger partial charge in [-0.25, -0.2) is 8.42 Å². The van der Waals surface area contributed by atoms with E-state index in [-0.39, 0.29) is 23.3 Å². The lowest BCUT2D eigenvalue weighted by Gasteiger charge is -2.29. The Balaban J connectivity index is 1.68. The number of nitrogens with zero attached hydrogens (tertiary/aromatic N) is 1. The lowest BCUT2D eigenvalue weighted by Crippen LogP contribution is -2.42. The van der Waals surface area contributed by atoms with E-state index in [1.54, 1.807) is 61.5 Å². The van der Waals surface area contributed by atoms with E-state index < -0.39 is 10.0 Å². The molecule has 7 nitrogen and oxygen atoms in total. The summed E-state index contributed by atoms with van der Waals surface area (Å²) in [6.45, 7) is 3.44. The number of aryl methyl sites for hydroxylation is 1. The highest BCUT2D eigenvalue weighted by Gasteiger charge is 2.29. The van der Waals surface area contributed by atoms with Crippen LogP contribution >= 0.6 is 0 Å². The highest BCUT2D eigenvalue weighted by atomic mass is 32.2. The molecule has 1 aliphatic heterocycles. The molecule has 31 heavy (non-hydrogen) atoms. The zero-order valence-electron chi connectivity index (χ0n) is 17.0. The summed E-state index contributed by atoms with van der Waals surface area (Å²) in [5, 5.41) is 2.75. The van der Waals surface area contributed by atoms with Crippen molar-refractivity contribution in [2.24, 2.45) is 0 Å². The Labute approximate surface area is 180 Å². The molecular formula is C23H21N3O4S. The van der Waals surface area contributed by atoms with Gasteiger partial charge in [-0.15, -0.1) is 0 Å². The Morgan fingerprint density at radius 1 is 0.968 bits per heavy atom. The van der Waals surface area contributed by atoms with Crippen molar-refractivity contribution in [1.29, 1.82) is 0 Å². The number of anilines is 3. The molecule has 3 aromatic carbocycles. The summed E-state index contributed by atoms with van der Waals surface area (Å²) in [6, 6.07) is 18.4. The van der Waals surface area contributed by atoms with Crippen LogP contribution in [0.5, 0.6) is 0 Å². The molecule has 2 amide bonds. The van der Waals surface area contributed by atoms with E-state index in [0.29, 0.717) is 28.2 Å². The third kappa shape index (κ3) is 4.02. The molecule has 1 heterocycles. The van der Waals surface area contributed by atoms with Crippen LogP contribution in [0.2, 0.25) is 0 Å². The molecule has 0 aliphatic carbocycles. The summed E-state index contributed by atoms with van der Waals surface area (Å²) < 4.78 is 28.2. The van der Waals surface area contributed by atoms with Crippen molar-refractivity contribution in [2.45, 2.75) is 18.7 Å². The van der Waals surface area contributed by atoms with E-state index >= 15 is 0 Å². The van der Waals surface area contributed by atoms with Crippen molar-refractivity contribution in [3.63, 3.8) is 0 Å². The third-order valence-corrected chi connectivity index (χ3v) is 6.54. The number of carbonyl (C=O) groups is 2. The molecule has 0 fully saturated rings. The first-order valence-electron chi connectivity index (χ1n) is 9.66. The smallest absolute Gasteiger partial charge is 0.261 e. The van der Waals surface area contributed by atoms with Gasteiger partial charge in [0.15, 0.2) is 0 Å². The van der Waals surface area contributed by atoms with E-state index in [1.165, 1.54) is 17.0 Å². The fraction of sp³-hybridized carbons (Fsp3) is 0.130. The molecule has 0 saturated heterocycles. The van der Waals surface area contributed by atoms with Gasteiger partial charge >= 0.3 is 0 Å². The van der Waals surface area contributed by atoms with Crippen molar-refractivity contribution < 1.29 is 18.0 Å².